The molecule has 2 aromatic rings. The molecule has 1 aliphatic heterocycles. The lowest BCUT2D eigenvalue weighted by Crippen LogP contribution is -2.27. The molecule has 0 bridgehead atoms. The van der Waals surface area contributed by atoms with E-state index in [-0.39, 0.29) is 35.7 Å². The average Bonchev–Trinajstić information content (AvgIpc) is 2.76. The standard InChI is InChI=1S/C24H29F3O3/c1-3-5-6-13-29-22-12-8-17(15-30-22)16-7-9-18(20(25)14-16)19-10-11-21(28-4-2)24(27)23(19)26/h7,9-11,14,17,22H,3-6,8,12-13,15H2,1-2H3. The van der Waals surface area contributed by atoms with Crippen molar-refractivity contribution in [3.63, 3.8) is 0 Å². The molecule has 0 N–H and O–H groups in total. The second-order valence-corrected chi connectivity index (χ2v) is 7.53. The zero-order valence-electron chi connectivity index (χ0n) is 17.6. The summed E-state index contributed by atoms with van der Waals surface area (Å²) in [7, 11) is 0. The van der Waals surface area contributed by atoms with Gasteiger partial charge in [0, 0.05) is 23.7 Å². The normalized spacial score (nSPS) is 19.1. The zero-order valence-corrected chi connectivity index (χ0v) is 17.6. The first-order valence-electron chi connectivity index (χ1n) is 10.7. The van der Waals surface area contributed by atoms with E-state index in [9.17, 15) is 13.2 Å². The molecule has 2 aromatic carbocycles. The van der Waals surface area contributed by atoms with E-state index in [0.29, 0.717) is 13.2 Å². The summed E-state index contributed by atoms with van der Waals surface area (Å²) in [5, 5.41) is 0. The quantitative estimate of drug-likeness (QED) is 0.426. The molecule has 0 radical (unpaired) electrons. The minimum absolute atomic E-state index is 0.0204. The van der Waals surface area contributed by atoms with Gasteiger partial charge in [-0.05, 0) is 49.9 Å². The molecule has 2 unspecified atom stereocenters. The Morgan fingerprint density at radius 3 is 2.43 bits per heavy atom. The van der Waals surface area contributed by atoms with Crippen LogP contribution in [-0.2, 0) is 9.47 Å². The van der Waals surface area contributed by atoms with Crippen LogP contribution < -0.4 is 4.74 Å². The molecular weight excluding hydrogens is 393 g/mol. The van der Waals surface area contributed by atoms with Crippen molar-refractivity contribution in [1.29, 1.82) is 0 Å². The fourth-order valence-corrected chi connectivity index (χ4v) is 3.70. The number of hydrogen-bond donors (Lipinski definition) is 0. The number of halogens is 3. The van der Waals surface area contributed by atoms with E-state index in [1.807, 2.05) is 0 Å². The van der Waals surface area contributed by atoms with E-state index in [2.05, 4.69) is 6.92 Å². The molecule has 3 nitrogen and oxygen atoms in total. The Labute approximate surface area is 176 Å². The third-order valence-electron chi connectivity index (χ3n) is 5.39. The molecule has 1 fully saturated rings. The Hall–Kier alpha value is -2.05. The van der Waals surface area contributed by atoms with E-state index < -0.39 is 17.5 Å². The minimum atomic E-state index is -1.11. The van der Waals surface area contributed by atoms with E-state index in [4.69, 9.17) is 14.2 Å². The molecule has 0 aromatic heterocycles. The second-order valence-electron chi connectivity index (χ2n) is 7.53. The van der Waals surface area contributed by atoms with Gasteiger partial charge in [-0.15, -0.1) is 0 Å². The van der Waals surface area contributed by atoms with Crippen molar-refractivity contribution < 1.29 is 27.4 Å². The molecule has 30 heavy (non-hydrogen) atoms. The predicted molar refractivity (Wildman–Crippen MR) is 110 cm³/mol. The van der Waals surface area contributed by atoms with Crippen LogP contribution in [0.4, 0.5) is 13.2 Å². The van der Waals surface area contributed by atoms with Crippen LogP contribution in [-0.4, -0.2) is 26.1 Å². The fraction of sp³-hybridized carbons (Fsp3) is 0.500. The largest absolute Gasteiger partial charge is 0.491 e. The summed E-state index contributed by atoms with van der Waals surface area (Å²) in [4.78, 5) is 0. The van der Waals surface area contributed by atoms with Crippen molar-refractivity contribution in [2.45, 2.75) is 58.2 Å². The molecule has 1 aliphatic rings. The number of unbranched alkanes of at least 4 members (excludes halogenated alkanes) is 2. The summed E-state index contributed by atoms with van der Waals surface area (Å²) in [5.74, 6) is -2.94. The topological polar surface area (TPSA) is 27.7 Å². The number of hydrogen-bond acceptors (Lipinski definition) is 3. The Kier molecular flexibility index (Phi) is 8.16. The Morgan fingerprint density at radius 1 is 0.967 bits per heavy atom. The van der Waals surface area contributed by atoms with Crippen LogP contribution in [0.3, 0.4) is 0 Å². The Bertz CT molecular complexity index is 833. The van der Waals surface area contributed by atoms with Gasteiger partial charge >= 0.3 is 0 Å². The van der Waals surface area contributed by atoms with Gasteiger partial charge in [0.05, 0.1) is 13.2 Å². The SMILES string of the molecule is CCCCCOC1CCC(c2ccc(-c3ccc(OCC)c(F)c3F)c(F)c2)CO1. The van der Waals surface area contributed by atoms with Crippen LogP contribution in [0.15, 0.2) is 30.3 Å². The smallest absolute Gasteiger partial charge is 0.201 e. The van der Waals surface area contributed by atoms with Crippen molar-refractivity contribution in [2.24, 2.45) is 0 Å². The minimum Gasteiger partial charge on any atom is -0.491 e. The monoisotopic (exact) mass is 422 g/mol. The van der Waals surface area contributed by atoms with Gasteiger partial charge < -0.3 is 14.2 Å². The maximum absolute atomic E-state index is 14.8. The summed E-state index contributed by atoms with van der Waals surface area (Å²) < 4.78 is 59.9. The maximum Gasteiger partial charge on any atom is 0.201 e. The first kappa shape index (κ1) is 22.6. The molecule has 1 saturated heterocycles. The van der Waals surface area contributed by atoms with Crippen molar-refractivity contribution in [3.8, 4) is 16.9 Å². The van der Waals surface area contributed by atoms with Gasteiger partial charge in [0.15, 0.2) is 17.9 Å². The maximum atomic E-state index is 14.8. The summed E-state index contributed by atoms with van der Waals surface area (Å²) in [6.45, 7) is 5.18. The van der Waals surface area contributed by atoms with Crippen LogP contribution in [0.1, 0.15) is 57.4 Å². The van der Waals surface area contributed by atoms with Crippen molar-refractivity contribution in [3.05, 3.63) is 53.3 Å². The summed E-state index contributed by atoms with van der Waals surface area (Å²) >= 11 is 0. The Morgan fingerprint density at radius 2 is 1.77 bits per heavy atom. The number of benzene rings is 2. The van der Waals surface area contributed by atoms with Gasteiger partial charge in [-0.2, -0.15) is 4.39 Å². The lowest BCUT2D eigenvalue weighted by Gasteiger charge is -2.29. The predicted octanol–water partition coefficient (Wildman–Crippen LogP) is 6.60. The third-order valence-corrected chi connectivity index (χ3v) is 5.39. The molecule has 0 amide bonds. The Balaban J connectivity index is 1.66. The van der Waals surface area contributed by atoms with E-state index >= 15 is 0 Å². The summed E-state index contributed by atoms with van der Waals surface area (Å²) in [6.07, 6.45) is 4.67. The fourth-order valence-electron chi connectivity index (χ4n) is 3.70. The van der Waals surface area contributed by atoms with E-state index in [0.717, 1.165) is 37.7 Å². The van der Waals surface area contributed by atoms with Gasteiger partial charge in [0.1, 0.15) is 5.82 Å². The summed E-state index contributed by atoms with van der Waals surface area (Å²) in [6, 6.07) is 7.30. The summed E-state index contributed by atoms with van der Waals surface area (Å²) in [5.41, 5.74) is 0.681. The van der Waals surface area contributed by atoms with Crippen LogP contribution in [0.2, 0.25) is 0 Å². The van der Waals surface area contributed by atoms with Crippen molar-refractivity contribution >= 4 is 0 Å². The molecule has 1 heterocycles. The molecule has 0 spiro atoms. The van der Waals surface area contributed by atoms with Crippen LogP contribution in [0, 0.1) is 17.5 Å². The molecule has 2 atom stereocenters. The van der Waals surface area contributed by atoms with Crippen LogP contribution in [0.5, 0.6) is 5.75 Å². The molecule has 0 aliphatic carbocycles. The van der Waals surface area contributed by atoms with Gasteiger partial charge in [-0.25, -0.2) is 8.78 Å². The van der Waals surface area contributed by atoms with Gasteiger partial charge in [0.2, 0.25) is 5.82 Å². The molecular formula is C24H29F3O3. The highest BCUT2D eigenvalue weighted by molar-refractivity contribution is 5.66. The first-order chi connectivity index (χ1) is 14.5. The molecule has 6 heteroatoms. The third kappa shape index (κ3) is 5.35. The second kappa shape index (κ2) is 10.8. The number of rotatable bonds is 9. The van der Waals surface area contributed by atoms with Crippen molar-refractivity contribution in [1.82, 2.24) is 0 Å². The first-order valence-corrected chi connectivity index (χ1v) is 10.7. The average molecular weight is 422 g/mol. The highest BCUT2D eigenvalue weighted by Gasteiger charge is 2.25. The van der Waals surface area contributed by atoms with Crippen LogP contribution >= 0.6 is 0 Å². The lowest BCUT2D eigenvalue weighted by molar-refractivity contribution is -0.167. The van der Waals surface area contributed by atoms with E-state index in [1.54, 1.807) is 13.0 Å². The van der Waals surface area contributed by atoms with Gasteiger partial charge in [-0.1, -0.05) is 31.9 Å². The number of ether oxygens (including phenoxy) is 3. The highest BCUT2D eigenvalue weighted by atomic mass is 19.2. The van der Waals surface area contributed by atoms with Crippen LogP contribution in [0.25, 0.3) is 11.1 Å². The van der Waals surface area contributed by atoms with E-state index in [1.165, 1.54) is 24.3 Å². The zero-order chi connectivity index (χ0) is 21.5. The molecule has 164 valence electrons. The van der Waals surface area contributed by atoms with Gasteiger partial charge in [0.25, 0.3) is 0 Å². The molecule has 3 rings (SSSR count). The lowest BCUT2D eigenvalue weighted by atomic mass is 9.91. The van der Waals surface area contributed by atoms with Gasteiger partial charge in [-0.3, -0.25) is 0 Å². The highest BCUT2D eigenvalue weighted by Crippen LogP contribution is 2.34. The van der Waals surface area contributed by atoms with Crippen molar-refractivity contribution in [2.75, 3.05) is 19.8 Å². The molecule has 0 saturated carbocycles.